The molecule has 15 heavy (non-hydrogen) atoms. The van der Waals surface area contributed by atoms with Crippen molar-refractivity contribution >= 4 is 17.6 Å². The van der Waals surface area contributed by atoms with Gasteiger partial charge in [0.15, 0.2) is 0 Å². The van der Waals surface area contributed by atoms with E-state index in [-0.39, 0.29) is 0 Å². The van der Waals surface area contributed by atoms with E-state index in [1.54, 1.807) is 6.07 Å². The molecule has 0 spiro atoms. The van der Waals surface area contributed by atoms with Crippen LogP contribution in [0.15, 0.2) is 18.2 Å². The molecule has 4 heteroatoms. The molecule has 82 valence electrons. The molecule has 3 nitrogen and oxygen atoms in total. The number of rotatable bonds is 3. The summed E-state index contributed by atoms with van der Waals surface area (Å²) in [6.07, 6.45) is 0.396. The van der Waals surface area contributed by atoms with Crippen LogP contribution in [-0.4, -0.2) is 19.1 Å². The summed E-state index contributed by atoms with van der Waals surface area (Å²) < 4.78 is 4.55. The maximum absolute atomic E-state index is 11.1. The fourth-order valence-electron chi connectivity index (χ4n) is 1.33. The van der Waals surface area contributed by atoms with Gasteiger partial charge >= 0.3 is 5.97 Å². The second-order valence-electron chi connectivity index (χ2n) is 3.43. The fraction of sp³-hybridized carbons (Fsp3) is 0.364. The van der Waals surface area contributed by atoms with Crippen LogP contribution in [0.1, 0.15) is 11.1 Å². The van der Waals surface area contributed by atoms with E-state index < -0.39 is 12.0 Å². The van der Waals surface area contributed by atoms with Crippen molar-refractivity contribution in [1.29, 1.82) is 0 Å². The van der Waals surface area contributed by atoms with Gasteiger partial charge < -0.3 is 10.5 Å². The van der Waals surface area contributed by atoms with Gasteiger partial charge in [-0.3, -0.25) is 4.79 Å². The molecule has 0 saturated heterocycles. The number of aryl methyl sites for hydroxylation is 1. The molecule has 1 atom stereocenters. The lowest BCUT2D eigenvalue weighted by atomic mass is 10.0. The SMILES string of the molecule is COC(=O)[C@@H](N)Cc1cc(C)ccc1Cl. The maximum Gasteiger partial charge on any atom is 0.322 e. The Balaban J connectivity index is 2.80. The third kappa shape index (κ3) is 3.22. The molecule has 0 radical (unpaired) electrons. The minimum absolute atomic E-state index is 0.396. The number of carbonyl (C=O) groups excluding carboxylic acids is 1. The molecule has 0 amide bonds. The van der Waals surface area contributed by atoms with Crippen molar-refractivity contribution < 1.29 is 9.53 Å². The summed E-state index contributed by atoms with van der Waals surface area (Å²) in [4.78, 5) is 11.1. The molecule has 0 fully saturated rings. The molecule has 0 aliphatic carbocycles. The van der Waals surface area contributed by atoms with Gasteiger partial charge in [0.25, 0.3) is 0 Å². The molecule has 0 heterocycles. The average molecular weight is 228 g/mol. The molecular formula is C11H14ClNO2. The van der Waals surface area contributed by atoms with Crippen LogP contribution in [0.25, 0.3) is 0 Å². The van der Waals surface area contributed by atoms with E-state index in [2.05, 4.69) is 4.74 Å². The van der Waals surface area contributed by atoms with Crippen LogP contribution in [-0.2, 0) is 16.0 Å². The molecule has 0 saturated carbocycles. The zero-order valence-corrected chi connectivity index (χ0v) is 9.54. The second-order valence-corrected chi connectivity index (χ2v) is 3.84. The number of halogens is 1. The van der Waals surface area contributed by atoms with E-state index in [0.717, 1.165) is 11.1 Å². The number of hydrogen-bond donors (Lipinski definition) is 1. The predicted molar refractivity (Wildman–Crippen MR) is 59.9 cm³/mol. The first kappa shape index (κ1) is 12.0. The highest BCUT2D eigenvalue weighted by atomic mass is 35.5. The average Bonchev–Trinajstić information content (AvgIpc) is 2.22. The Hall–Kier alpha value is -1.06. The summed E-state index contributed by atoms with van der Waals surface area (Å²) in [7, 11) is 1.32. The molecule has 0 unspecified atom stereocenters. The number of carbonyl (C=O) groups is 1. The van der Waals surface area contributed by atoms with Gasteiger partial charge in [0, 0.05) is 5.02 Å². The number of nitrogens with two attached hydrogens (primary N) is 1. The summed E-state index contributed by atoms with van der Waals surface area (Å²) in [6.45, 7) is 1.96. The van der Waals surface area contributed by atoms with Crippen LogP contribution in [0, 0.1) is 6.92 Å². The lowest BCUT2D eigenvalue weighted by Crippen LogP contribution is -2.33. The van der Waals surface area contributed by atoms with Crippen molar-refractivity contribution in [2.45, 2.75) is 19.4 Å². The molecule has 0 aliphatic rings. The molecule has 1 rings (SSSR count). The zero-order valence-electron chi connectivity index (χ0n) is 8.79. The van der Waals surface area contributed by atoms with Crippen LogP contribution in [0.3, 0.4) is 0 Å². The first-order valence-electron chi connectivity index (χ1n) is 4.63. The van der Waals surface area contributed by atoms with E-state index >= 15 is 0 Å². The minimum atomic E-state index is -0.658. The summed E-state index contributed by atoms with van der Waals surface area (Å²) >= 11 is 5.98. The molecule has 1 aromatic carbocycles. The van der Waals surface area contributed by atoms with Gasteiger partial charge in [-0.05, 0) is 25.0 Å². The Bertz CT molecular complexity index is 366. The minimum Gasteiger partial charge on any atom is -0.468 e. The first-order chi connectivity index (χ1) is 7.04. The smallest absolute Gasteiger partial charge is 0.322 e. The Morgan fingerprint density at radius 1 is 1.60 bits per heavy atom. The third-order valence-corrected chi connectivity index (χ3v) is 2.51. The Morgan fingerprint density at radius 2 is 2.27 bits per heavy atom. The van der Waals surface area contributed by atoms with Crippen molar-refractivity contribution in [2.75, 3.05) is 7.11 Å². The van der Waals surface area contributed by atoms with E-state index in [0.29, 0.717) is 11.4 Å². The van der Waals surface area contributed by atoms with Crippen LogP contribution < -0.4 is 5.73 Å². The highest BCUT2D eigenvalue weighted by Gasteiger charge is 2.15. The highest BCUT2D eigenvalue weighted by Crippen LogP contribution is 2.18. The van der Waals surface area contributed by atoms with Crippen molar-refractivity contribution in [3.63, 3.8) is 0 Å². The summed E-state index contributed by atoms with van der Waals surface area (Å²) in [5, 5.41) is 0.625. The highest BCUT2D eigenvalue weighted by molar-refractivity contribution is 6.31. The van der Waals surface area contributed by atoms with Gasteiger partial charge in [0.05, 0.1) is 7.11 Å². The normalized spacial score (nSPS) is 12.3. The standard InChI is InChI=1S/C11H14ClNO2/c1-7-3-4-9(12)8(5-7)6-10(13)11(14)15-2/h3-5,10H,6,13H2,1-2H3/t10-/m0/s1. The molecular weight excluding hydrogens is 214 g/mol. The first-order valence-corrected chi connectivity index (χ1v) is 5.01. The lowest BCUT2D eigenvalue weighted by Gasteiger charge is -2.10. The lowest BCUT2D eigenvalue weighted by molar-refractivity contribution is -0.142. The zero-order chi connectivity index (χ0) is 11.4. The quantitative estimate of drug-likeness (QED) is 0.800. The van der Waals surface area contributed by atoms with Gasteiger partial charge in [0.1, 0.15) is 6.04 Å². The second kappa shape index (κ2) is 5.14. The Labute approximate surface area is 94.2 Å². The number of methoxy groups -OCH3 is 1. The molecule has 0 bridgehead atoms. The van der Waals surface area contributed by atoms with Gasteiger partial charge in [-0.1, -0.05) is 29.3 Å². The molecule has 2 N–H and O–H groups in total. The monoisotopic (exact) mass is 227 g/mol. The van der Waals surface area contributed by atoms with Crippen molar-refractivity contribution in [2.24, 2.45) is 5.73 Å². The van der Waals surface area contributed by atoms with Crippen molar-refractivity contribution in [1.82, 2.24) is 0 Å². The Kier molecular flexibility index (Phi) is 4.12. The summed E-state index contributed by atoms with van der Waals surface area (Å²) in [6, 6.07) is 4.98. The Morgan fingerprint density at radius 3 is 2.87 bits per heavy atom. The van der Waals surface area contributed by atoms with E-state index in [1.807, 2.05) is 19.1 Å². The fourth-order valence-corrected chi connectivity index (χ4v) is 1.53. The van der Waals surface area contributed by atoms with Gasteiger partial charge in [0.2, 0.25) is 0 Å². The molecule has 1 aromatic rings. The van der Waals surface area contributed by atoms with Crippen molar-refractivity contribution in [3.8, 4) is 0 Å². The number of hydrogen-bond acceptors (Lipinski definition) is 3. The summed E-state index contributed by atoms with van der Waals surface area (Å²) in [5.41, 5.74) is 7.60. The van der Waals surface area contributed by atoms with Crippen LogP contribution in [0.2, 0.25) is 5.02 Å². The largest absolute Gasteiger partial charge is 0.468 e. The third-order valence-electron chi connectivity index (χ3n) is 2.14. The molecule has 0 aliphatic heterocycles. The molecule has 0 aromatic heterocycles. The van der Waals surface area contributed by atoms with E-state index in [1.165, 1.54) is 7.11 Å². The maximum atomic E-state index is 11.1. The van der Waals surface area contributed by atoms with Crippen LogP contribution in [0.4, 0.5) is 0 Å². The topological polar surface area (TPSA) is 52.3 Å². The van der Waals surface area contributed by atoms with Crippen LogP contribution in [0.5, 0.6) is 0 Å². The predicted octanol–water partition coefficient (Wildman–Crippen LogP) is 1.69. The summed E-state index contributed by atoms with van der Waals surface area (Å²) in [5.74, 6) is -0.424. The van der Waals surface area contributed by atoms with E-state index in [9.17, 15) is 4.79 Å². The van der Waals surface area contributed by atoms with Crippen LogP contribution >= 0.6 is 11.6 Å². The van der Waals surface area contributed by atoms with Gasteiger partial charge in [-0.25, -0.2) is 0 Å². The number of ether oxygens (including phenoxy) is 1. The van der Waals surface area contributed by atoms with Gasteiger partial charge in [-0.2, -0.15) is 0 Å². The van der Waals surface area contributed by atoms with E-state index in [4.69, 9.17) is 17.3 Å². The number of esters is 1. The van der Waals surface area contributed by atoms with Crippen molar-refractivity contribution in [3.05, 3.63) is 34.3 Å². The van der Waals surface area contributed by atoms with Gasteiger partial charge in [-0.15, -0.1) is 0 Å². The number of benzene rings is 1.